The summed E-state index contributed by atoms with van der Waals surface area (Å²) in [7, 11) is 0. The van der Waals surface area contributed by atoms with Gasteiger partial charge in [0.2, 0.25) is 5.78 Å². The minimum atomic E-state index is -0.0798. The van der Waals surface area contributed by atoms with E-state index in [9.17, 15) is 4.79 Å². The SMILES string of the molecule is Cc1ccsc1/C=C1\Oc2c(cc3c(c2C)OCN(CCc2ccc(Cl)cc2Cl)C3)C1=O. The van der Waals surface area contributed by atoms with Crippen LogP contribution in [0.4, 0.5) is 0 Å². The van der Waals surface area contributed by atoms with Crippen molar-refractivity contribution >= 4 is 46.4 Å². The van der Waals surface area contributed by atoms with Gasteiger partial charge in [0.05, 0.1) is 5.56 Å². The van der Waals surface area contributed by atoms with Crippen LogP contribution in [-0.2, 0) is 13.0 Å². The molecule has 1 aromatic heterocycles. The monoisotopic (exact) mass is 485 g/mol. The van der Waals surface area contributed by atoms with Crippen molar-refractivity contribution in [3.63, 3.8) is 0 Å². The molecule has 3 heterocycles. The minimum absolute atomic E-state index is 0.0798. The third kappa shape index (κ3) is 3.95. The first-order valence-corrected chi connectivity index (χ1v) is 12.0. The number of hydrogen-bond donors (Lipinski definition) is 0. The van der Waals surface area contributed by atoms with Crippen molar-refractivity contribution in [1.82, 2.24) is 4.90 Å². The predicted molar refractivity (Wildman–Crippen MR) is 129 cm³/mol. The molecule has 4 nitrogen and oxygen atoms in total. The van der Waals surface area contributed by atoms with Crippen LogP contribution in [-0.4, -0.2) is 24.0 Å². The van der Waals surface area contributed by atoms with Gasteiger partial charge in [0, 0.05) is 45.2 Å². The second-order valence-corrected chi connectivity index (χ2v) is 9.88. The van der Waals surface area contributed by atoms with E-state index in [0.29, 0.717) is 40.4 Å². The summed E-state index contributed by atoms with van der Waals surface area (Å²) in [4.78, 5) is 16.3. The molecule has 0 fully saturated rings. The molecule has 0 saturated carbocycles. The predicted octanol–water partition coefficient (Wildman–Crippen LogP) is 6.68. The minimum Gasteiger partial charge on any atom is -0.477 e. The van der Waals surface area contributed by atoms with E-state index in [1.54, 1.807) is 17.4 Å². The molecule has 3 aromatic rings. The topological polar surface area (TPSA) is 38.8 Å². The van der Waals surface area contributed by atoms with Crippen LogP contribution in [0.1, 0.15) is 37.5 Å². The van der Waals surface area contributed by atoms with Crippen LogP contribution in [0.25, 0.3) is 6.08 Å². The van der Waals surface area contributed by atoms with E-state index in [4.69, 9.17) is 32.7 Å². The number of ether oxygens (including phenoxy) is 2. The number of nitrogens with zero attached hydrogens (tertiary/aromatic N) is 1. The molecular formula is C25H21Cl2NO3S. The van der Waals surface area contributed by atoms with E-state index in [-0.39, 0.29) is 5.78 Å². The third-order valence-electron chi connectivity index (χ3n) is 5.88. The van der Waals surface area contributed by atoms with E-state index < -0.39 is 0 Å². The Morgan fingerprint density at radius 2 is 2.00 bits per heavy atom. The van der Waals surface area contributed by atoms with Gasteiger partial charge >= 0.3 is 0 Å². The molecule has 0 N–H and O–H groups in total. The maximum Gasteiger partial charge on any atom is 0.232 e. The Balaban J connectivity index is 1.36. The van der Waals surface area contributed by atoms with E-state index in [1.165, 1.54) is 0 Å². The van der Waals surface area contributed by atoms with E-state index in [2.05, 4.69) is 4.90 Å². The number of carbonyl (C=O) groups excluding carboxylic acids is 1. The second-order valence-electron chi connectivity index (χ2n) is 8.09. The molecule has 0 saturated heterocycles. The largest absolute Gasteiger partial charge is 0.477 e. The van der Waals surface area contributed by atoms with Crippen molar-refractivity contribution in [3.05, 3.63) is 84.2 Å². The van der Waals surface area contributed by atoms with Gasteiger partial charge in [0.25, 0.3) is 0 Å². The molecule has 0 bridgehead atoms. The van der Waals surface area contributed by atoms with Gasteiger partial charge in [-0.25, -0.2) is 0 Å². The molecule has 2 aromatic carbocycles. The highest BCUT2D eigenvalue weighted by atomic mass is 35.5. The van der Waals surface area contributed by atoms with Crippen LogP contribution in [0, 0.1) is 13.8 Å². The third-order valence-corrected chi connectivity index (χ3v) is 7.43. The van der Waals surface area contributed by atoms with Crippen LogP contribution < -0.4 is 9.47 Å². The summed E-state index contributed by atoms with van der Waals surface area (Å²) in [5.41, 5.74) is 4.66. The van der Waals surface area contributed by atoms with Gasteiger partial charge in [-0.15, -0.1) is 11.3 Å². The van der Waals surface area contributed by atoms with Gasteiger partial charge < -0.3 is 9.47 Å². The Morgan fingerprint density at radius 1 is 1.16 bits per heavy atom. The molecular weight excluding hydrogens is 465 g/mol. The molecule has 32 heavy (non-hydrogen) atoms. The molecule has 0 radical (unpaired) electrons. The number of halogens is 2. The quantitative estimate of drug-likeness (QED) is 0.386. The van der Waals surface area contributed by atoms with E-state index in [0.717, 1.165) is 45.8 Å². The normalized spacial score (nSPS) is 16.6. The van der Waals surface area contributed by atoms with Gasteiger partial charge in [-0.2, -0.15) is 0 Å². The number of ketones is 1. The molecule has 2 aliphatic rings. The first kappa shape index (κ1) is 21.5. The number of hydrogen-bond acceptors (Lipinski definition) is 5. The standard InChI is InChI=1S/C25H21Cl2NO3S/c1-14-6-8-32-22(14)11-21-23(29)19-9-17-12-28(13-30-24(17)15(2)25(19)31-21)7-5-16-3-4-18(26)10-20(16)27/h3-4,6,8-11H,5,7,12-13H2,1-2H3/b21-11-. The zero-order valence-corrected chi connectivity index (χ0v) is 20.0. The highest BCUT2D eigenvalue weighted by molar-refractivity contribution is 7.11. The molecule has 0 atom stereocenters. The summed E-state index contributed by atoms with van der Waals surface area (Å²) in [6, 6.07) is 9.53. The molecule has 0 aliphatic carbocycles. The number of rotatable bonds is 4. The lowest BCUT2D eigenvalue weighted by molar-refractivity contribution is 0.0954. The summed E-state index contributed by atoms with van der Waals surface area (Å²) in [6.45, 7) is 5.94. The summed E-state index contributed by atoms with van der Waals surface area (Å²) in [5.74, 6) is 1.70. The first-order valence-electron chi connectivity index (χ1n) is 10.3. The number of aryl methyl sites for hydroxylation is 1. The maximum absolute atomic E-state index is 13.1. The van der Waals surface area contributed by atoms with Crippen molar-refractivity contribution in [1.29, 1.82) is 0 Å². The average molecular weight is 486 g/mol. The Bertz CT molecular complexity index is 1260. The Morgan fingerprint density at radius 3 is 2.75 bits per heavy atom. The summed E-state index contributed by atoms with van der Waals surface area (Å²) in [5, 5.41) is 3.32. The average Bonchev–Trinajstić information content (AvgIpc) is 3.31. The Labute approximate surface area is 201 Å². The van der Waals surface area contributed by atoms with Gasteiger partial charge in [-0.05, 0) is 61.0 Å². The Kier molecular flexibility index (Phi) is 5.76. The van der Waals surface area contributed by atoms with Crippen molar-refractivity contribution in [2.45, 2.75) is 26.8 Å². The highest BCUT2D eigenvalue weighted by Gasteiger charge is 2.33. The highest BCUT2D eigenvalue weighted by Crippen LogP contribution is 2.43. The molecule has 7 heteroatoms. The van der Waals surface area contributed by atoms with E-state index in [1.807, 2.05) is 49.6 Å². The fourth-order valence-corrected chi connectivity index (χ4v) is 5.45. The number of Topliss-reactive ketones (excluding diaryl/α,β-unsaturated/α-hetero) is 1. The summed E-state index contributed by atoms with van der Waals surface area (Å²) < 4.78 is 12.1. The zero-order valence-electron chi connectivity index (χ0n) is 17.7. The van der Waals surface area contributed by atoms with Crippen molar-refractivity contribution in [2.24, 2.45) is 0 Å². The van der Waals surface area contributed by atoms with Gasteiger partial charge in [-0.3, -0.25) is 9.69 Å². The van der Waals surface area contributed by atoms with Crippen molar-refractivity contribution in [2.75, 3.05) is 13.3 Å². The van der Waals surface area contributed by atoms with Gasteiger partial charge in [0.15, 0.2) is 5.76 Å². The number of thiophene rings is 1. The summed E-state index contributed by atoms with van der Waals surface area (Å²) >= 11 is 13.9. The lowest BCUT2D eigenvalue weighted by atomic mass is 10.00. The molecule has 0 spiro atoms. The number of allylic oxidation sites excluding steroid dienone is 1. The first-order chi connectivity index (χ1) is 15.4. The van der Waals surface area contributed by atoms with Gasteiger partial charge in [-0.1, -0.05) is 29.3 Å². The van der Waals surface area contributed by atoms with Crippen LogP contribution in [0.2, 0.25) is 10.0 Å². The maximum atomic E-state index is 13.1. The van der Waals surface area contributed by atoms with Crippen LogP contribution in [0.3, 0.4) is 0 Å². The number of carbonyl (C=O) groups is 1. The molecule has 0 amide bonds. The fourth-order valence-electron chi connectivity index (χ4n) is 4.09. The van der Waals surface area contributed by atoms with Crippen LogP contribution in [0.15, 0.2) is 41.5 Å². The second kappa shape index (κ2) is 8.56. The summed E-state index contributed by atoms with van der Waals surface area (Å²) in [6.07, 6.45) is 2.62. The lowest BCUT2D eigenvalue weighted by Crippen LogP contribution is -2.34. The number of benzene rings is 2. The van der Waals surface area contributed by atoms with Crippen LogP contribution in [0.5, 0.6) is 11.5 Å². The number of fused-ring (bicyclic) bond motifs is 2. The van der Waals surface area contributed by atoms with Gasteiger partial charge in [0.1, 0.15) is 18.2 Å². The smallest absolute Gasteiger partial charge is 0.232 e. The zero-order chi connectivity index (χ0) is 22.4. The molecule has 164 valence electrons. The van der Waals surface area contributed by atoms with Crippen molar-refractivity contribution in [3.8, 4) is 11.5 Å². The lowest BCUT2D eigenvalue weighted by Gasteiger charge is -2.30. The molecule has 2 aliphatic heterocycles. The van der Waals surface area contributed by atoms with Crippen LogP contribution >= 0.6 is 34.5 Å². The van der Waals surface area contributed by atoms with Crippen molar-refractivity contribution < 1.29 is 14.3 Å². The van der Waals surface area contributed by atoms with E-state index >= 15 is 0 Å². The Hall–Kier alpha value is -2.31. The fraction of sp³-hybridized carbons (Fsp3) is 0.240. The molecule has 5 rings (SSSR count). The molecule has 0 unspecified atom stereocenters.